The van der Waals surface area contributed by atoms with Gasteiger partial charge in [0.1, 0.15) is 17.7 Å². The van der Waals surface area contributed by atoms with Crippen LogP contribution in [0.4, 0.5) is 11.8 Å². The maximum Gasteiger partial charge on any atom is 0.255 e. The lowest BCUT2D eigenvalue weighted by atomic mass is 9.91. The molecule has 3 atom stereocenters. The molecule has 6 rings (SSSR count). The number of carbonyl (C=O) groups is 1. The molecular weight excluding hydrogens is 492 g/mol. The van der Waals surface area contributed by atoms with Crippen molar-refractivity contribution in [3.63, 3.8) is 0 Å². The summed E-state index contributed by atoms with van der Waals surface area (Å²) in [6.07, 6.45) is 9.65. The van der Waals surface area contributed by atoms with Crippen molar-refractivity contribution in [3.8, 4) is 0 Å². The fraction of sp³-hybridized carbons (Fsp3) is 0.586. The lowest BCUT2D eigenvalue weighted by Crippen LogP contribution is -2.52. The van der Waals surface area contributed by atoms with Crippen molar-refractivity contribution in [2.75, 3.05) is 46.6 Å². The molecule has 39 heavy (non-hydrogen) atoms. The molecule has 1 saturated heterocycles. The lowest BCUT2D eigenvalue weighted by molar-refractivity contribution is 0.0319. The highest BCUT2D eigenvalue weighted by Crippen LogP contribution is 2.40. The van der Waals surface area contributed by atoms with Gasteiger partial charge >= 0.3 is 0 Å². The molecule has 3 aromatic heterocycles. The Kier molecular flexibility index (Phi) is 7.03. The summed E-state index contributed by atoms with van der Waals surface area (Å²) in [6.45, 7) is 1.63. The smallest absolute Gasteiger partial charge is 0.255 e. The van der Waals surface area contributed by atoms with Crippen LogP contribution in [0.5, 0.6) is 0 Å². The summed E-state index contributed by atoms with van der Waals surface area (Å²) in [4.78, 5) is 33.3. The van der Waals surface area contributed by atoms with E-state index in [1.807, 2.05) is 37.2 Å². The van der Waals surface area contributed by atoms with Gasteiger partial charge in [0.15, 0.2) is 0 Å². The van der Waals surface area contributed by atoms with Crippen molar-refractivity contribution in [1.29, 1.82) is 0 Å². The first-order valence-corrected chi connectivity index (χ1v) is 14.2. The minimum atomic E-state index is -0.716. The SMILES string of the molecule is CN(C)C(O)c1cc2cnc(Nc3ccc(C(=O)N4CC5CCC(C4)C5N(C)C)cn3)nc2n1C1CCCC1. The van der Waals surface area contributed by atoms with Crippen LogP contribution < -0.4 is 5.32 Å². The molecule has 0 aromatic carbocycles. The van der Waals surface area contributed by atoms with Crippen LogP contribution in [0.25, 0.3) is 11.0 Å². The zero-order valence-electron chi connectivity index (χ0n) is 23.4. The second-order valence-electron chi connectivity index (χ2n) is 12.0. The Morgan fingerprint density at radius 3 is 2.36 bits per heavy atom. The second-order valence-corrected chi connectivity index (χ2v) is 12.0. The molecule has 2 saturated carbocycles. The molecule has 10 nitrogen and oxygen atoms in total. The third-order valence-corrected chi connectivity index (χ3v) is 8.97. The van der Waals surface area contributed by atoms with E-state index < -0.39 is 6.23 Å². The minimum Gasteiger partial charge on any atom is -0.373 e. The van der Waals surface area contributed by atoms with Gasteiger partial charge < -0.3 is 24.8 Å². The van der Waals surface area contributed by atoms with E-state index in [0.29, 0.717) is 41.2 Å². The van der Waals surface area contributed by atoms with Gasteiger partial charge in [0.25, 0.3) is 5.91 Å². The van der Waals surface area contributed by atoms with Gasteiger partial charge in [-0.1, -0.05) is 12.8 Å². The van der Waals surface area contributed by atoms with E-state index in [1.165, 1.54) is 25.7 Å². The van der Waals surface area contributed by atoms with Crippen LogP contribution in [0.1, 0.15) is 66.8 Å². The number of aromatic nitrogens is 4. The summed E-state index contributed by atoms with van der Waals surface area (Å²) in [6, 6.07) is 6.54. The van der Waals surface area contributed by atoms with E-state index in [4.69, 9.17) is 4.98 Å². The standard InChI is InChI=1S/C29H40N8O2/c1-34(2)25-19-9-10-20(25)17-36(16-19)27(38)18-11-12-24(30-14-18)32-29-31-15-21-13-23(28(39)35(3)4)37(26(21)33-29)22-7-5-6-8-22/h11-15,19-20,22,25,28,39H,5-10,16-17H2,1-4H3,(H,30,31,32,33). The highest BCUT2D eigenvalue weighted by Gasteiger charge is 2.44. The predicted molar refractivity (Wildman–Crippen MR) is 151 cm³/mol. The molecule has 3 aromatic rings. The summed E-state index contributed by atoms with van der Waals surface area (Å²) < 4.78 is 2.20. The van der Waals surface area contributed by atoms with Crippen molar-refractivity contribution in [1.82, 2.24) is 34.2 Å². The molecule has 1 amide bonds. The van der Waals surface area contributed by atoms with Crippen LogP contribution in [0.3, 0.4) is 0 Å². The molecule has 1 aliphatic heterocycles. The van der Waals surface area contributed by atoms with Crippen LogP contribution in [0.2, 0.25) is 0 Å². The molecule has 0 radical (unpaired) electrons. The van der Waals surface area contributed by atoms with E-state index in [1.54, 1.807) is 17.3 Å². The quantitative estimate of drug-likeness (QED) is 0.445. The molecule has 2 aliphatic carbocycles. The van der Waals surface area contributed by atoms with Gasteiger partial charge in [-0.25, -0.2) is 9.97 Å². The van der Waals surface area contributed by atoms with Crippen LogP contribution >= 0.6 is 0 Å². The number of anilines is 2. The molecule has 3 unspecified atom stereocenters. The predicted octanol–water partition coefficient (Wildman–Crippen LogP) is 3.65. The third-order valence-electron chi connectivity index (χ3n) is 8.97. The van der Waals surface area contributed by atoms with Gasteiger partial charge in [-0.3, -0.25) is 9.69 Å². The van der Waals surface area contributed by atoms with Crippen molar-refractivity contribution >= 4 is 28.7 Å². The first-order chi connectivity index (χ1) is 18.8. The van der Waals surface area contributed by atoms with Crippen molar-refractivity contribution < 1.29 is 9.90 Å². The monoisotopic (exact) mass is 532 g/mol. The van der Waals surface area contributed by atoms with E-state index in [0.717, 1.165) is 42.7 Å². The number of fused-ring (bicyclic) bond motifs is 3. The number of pyridine rings is 1. The number of rotatable bonds is 7. The zero-order valence-corrected chi connectivity index (χ0v) is 23.4. The summed E-state index contributed by atoms with van der Waals surface area (Å²) in [5.41, 5.74) is 2.27. The van der Waals surface area contributed by atoms with Crippen LogP contribution in [0, 0.1) is 11.8 Å². The molecule has 10 heteroatoms. The Morgan fingerprint density at radius 2 is 1.74 bits per heavy atom. The number of hydrogen-bond donors (Lipinski definition) is 2. The fourth-order valence-electron chi connectivity index (χ4n) is 7.19. The Hall–Kier alpha value is -3.08. The topological polar surface area (TPSA) is 103 Å². The van der Waals surface area contributed by atoms with Crippen LogP contribution in [-0.2, 0) is 0 Å². The Bertz CT molecular complexity index is 1320. The van der Waals surface area contributed by atoms with Crippen LogP contribution in [-0.4, -0.2) is 92.6 Å². The first-order valence-electron chi connectivity index (χ1n) is 14.2. The Labute approximate surface area is 230 Å². The molecule has 2 N–H and O–H groups in total. The molecule has 0 spiro atoms. The summed E-state index contributed by atoms with van der Waals surface area (Å²) in [5, 5.41) is 15.0. The number of likely N-dealkylation sites (tertiary alicyclic amines) is 1. The van der Waals surface area contributed by atoms with E-state index >= 15 is 0 Å². The summed E-state index contributed by atoms with van der Waals surface area (Å²) >= 11 is 0. The highest BCUT2D eigenvalue weighted by atomic mass is 16.3. The maximum absolute atomic E-state index is 13.3. The number of nitrogens with one attached hydrogen (secondary N) is 1. The van der Waals surface area contributed by atoms with E-state index in [9.17, 15) is 9.90 Å². The molecular formula is C29H40N8O2. The number of carbonyl (C=O) groups excluding carboxylic acids is 1. The van der Waals surface area contributed by atoms with Gasteiger partial charge in [0, 0.05) is 43.0 Å². The normalized spacial score (nSPS) is 24.3. The average molecular weight is 533 g/mol. The number of piperidine rings is 1. The third kappa shape index (κ3) is 4.90. The Balaban J connectivity index is 1.20. The molecule has 4 heterocycles. The lowest BCUT2D eigenvalue weighted by Gasteiger charge is -2.41. The molecule has 3 fully saturated rings. The van der Waals surface area contributed by atoms with Gasteiger partial charge in [-0.15, -0.1) is 0 Å². The molecule has 3 aliphatic rings. The number of hydrogen-bond acceptors (Lipinski definition) is 8. The van der Waals surface area contributed by atoms with Crippen molar-refractivity contribution in [3.05, 3.63) is 41.9 Å². The summed E-state index contributed by atoms with van der Waals surface area (Å²) in [5.74, 6) is 2.18. The van der Waals surface area contributed by atoms with Gasteiger partial charge in [0.05, 0.1) is 11.3 Å². The zero-order chi connectivity index (χ0) is 27.3. The molecule has 2 bridgehead atoms. The Morgan fingerprint density at radius 1 is 1.03 bits per heavy atom. The van der Waals surface area contributed by atoms with Crippen molar-refractivity contribution in [2.45, 2.75) is 56.8 Å². The van der Waals surface area contributed by atoms with E-state index in [2.05, 4.69) is 38.8 Å². The number of amides is 1. The maximum atomic E-state index is 13.3. The number of aliphatic hydroxyl groups is 1. The molecule has 208 valence electrons. The number of aliphatic hydroxyl groups excluding tert-OH is 1. The van der Waals surface area contributed by atoms with Crippen LogP contribution in [0.15, 0.2) is 30.6 Å². The minimum absolute atomic E-state index is 0.0576. The summed E-state index contributed by atoms with van der Waals surface area (Å²) in [7, 11) is 8.05. The second kappa shape index (κ2) is 10.5. The van der Waals surface area contributed by atoms with Crippen molar-refractivity contribution in [2.24, 2.45) is 11.8 Å². The highest BCUT2D eigenvalue weighted by molar-refractivity contribution is 5.94. The van der Waals surface area contributed by atoms with Gasteiger partial charge in [-0.2, -0.15) is 4.98 Å². The van der Waals surface area contributed by atoms with Gasteiger partial charge in [-0.05, 0) is 83.9 Å². The van der Waals surface area contributed by atoms with E-state index in [-0.39, 0.29) is 5.91 Å². The number of nitrogens with zero attached hydrogens (tertiary/aromatic N) is 7. The fourth-order valence-corrected chi connectivity index (χ4v) is 7.19. The average Bonchev–Trinajstić information content (AvgIpc) is 3.64. The van der Waals surface area contributed by atoms with Gasteiger partial charge in [0.2, 0.25) is 5.95 Å². The first kappa shape index (κ1) is 26.2. The largest absolute Gasteiger partial charge is 0.373 e.